The molecule has 8 heteroatoms. The van der Waals surface area contributed by atoms with E-state index in [0.717, 1.165) is 5.69 Å². The molecule has 8 nitrogen and oxygen atoms in total. The molecule has 3 heterocycles. The summed E-state index contributed by atoms with van der Waals surface area (Å²) in [5.41, 5.74) is 7.03. The van der Waals surface area contributed by atoms with Crippen LogP contribution in [-0.4, -0.2) is 25.9 Å². The van der Waals surface area contributed by atoms with Crippen LogP contribution in [0.3, 0.4) is 0 Å². The van der Waals surface area contributed by atoms with Crippen molar-refractivity contribution in [3.63, 3.8) is 0 Å². The molecule has 0 spiro atoms. The topological polar surface area (TPSA) is 112 Å². The van der Waals surface area contributed by atoms with Crippen LogP contribution in [0, 0.1) is 6.92 Å². The lowest BCUT2D eigenvalue weighted by Crippen LogP contribution is -2.23. The Morgan fingerprint density at radius 1 is 1.36 bits per heavy atom. The molecular formula is C14H14N6O2. The lowest BCUT2D eigenvalue weighted by molar-refractivity contribution is 0.0949. The lowest BCUT2D eigenvalue weighted by Gasteiger charge is -2.04. The number of rotatable bonds is 4. The van der Waals surface area contributed by atoms with E-state index in [1.807, 2.05) is 6.92 Å². The first-order chi connectivity index (χ1) is 10.6. The number of carbonyl (C=O) groups excluding carboxylic acids is 1. The maximum atomic E-state index is 12.1. The fourth-order valence-corrected chi connectivity index (χ4v) is 1.90. The average Bonchev–Trinajstić information content (AvgIpc) is 3.15. The number of anilines is 1. The van der Waals surface area contributed by atoms with Gasteiger partial charge in [-0.25, -0.2) is 0 Å². The molecule has 0 radical (unpaired) electrons. The van der Waals surface area contributed by atoms with Gasteiger partial charge in [-0.05, 0) is 31.2 Å². The van der Waals surface area contributed by atoms with E-state index in [0.29, 0.717) is 11.6 Å². The molecule has 0 saturated heterocycles. The van der Waals surface area contributed by atoms with Gasteiger partial charge in [-0.3, -0.25) is 4.79 Å². The number of aryl methyl sites for hydroxylation is 1. The van der Waals surface area contributed by atoms with Gasteiger partial charge in [0.25, 0.3) is 5.91 Å². The Hall–Kier alpha value is -3.16. The van der Waals surface area contributed by atoms with E-state index in [-0.39, 0.29) is 23.8 Å². The number of nitrogen functional groups attached to an aromatic ring is 1. The number of nitrogens with zero attached hydrogens (tertiary/aromatic N) is 4. The van der Waals surface area contributed by atoms with E-state index in [4.69, 9.17) is 10.2 Å². The first kappa shape index (κ1) is 13.8. The quantitative estimate of drug-likeness (QED) is 0.745. The molecule has 1 amide bonds. The fourth-order valence-electron chi connectivity index (χ4n) is 1.90. The monoisotopic (exact) mass is 298 g/mol. The standard InChI is InChI=1S/C14H14N6O2/c1-9-4-5-12(19-18-9)20-13(15)11(8-17-20)14(21)16-7-10-3-2-6-22-10/h2-6,8H,7,15H2,1H3,(H,16,21). The van der Waals surface area contributed by atoms with Gasteiger partial charge in [-0.15, -0.1) is 5.10 Å². The number of furan rings is 1. The largest absolute Gasteiger partial charge is 0.467 e. The Morgan fingerprint density at radius 2 is 2.23 bits per heavy atom. The zero-order valence-electron chi connectivity index (χ0n) is 11.9. The van der Waals surface area contributed by atoms with Crippen LogP contribution in [0.5, 0.6) is 0 Å². The first-order valence-electron chi connectivity index (χ1n) is 6.60. The van der Waals surface area contributed by atoms with Crippen molar-refractivity contribution >= 4 is 11.7 Å². The molecule has 0 aliphatic rings. The molecule has 3 N–H and O–H groups in total. The molecule has 0 fully saturated rings. The van der Waals surface area contributed by atoms with Crippen molar-refractivity contribution in [2.75, 3.05) is 5.73 Å². The molecule has 0 aromatic carbocycles. The van der Waals surface area contributed by atoms with Crippen molar-refractivity contribution in [3.8, 4) is 5.82 Å². The van der Waals surface area contributed by atoms with Crippen molar-refractivity contribution in [1.82, 2.24) is 25.3 Å². The minimum atomic E-state index is -0.333. The van der Waals surface area contributed by atoms with Gasteiger partial charge in [0.2, 0.25) is 0 Å². The van der Waals surface area contributed by atoms with E-state index in [9.17, 15) is 4.79 Å². The number of nitrogens with one attached hydrogen (secondary N) is 1. The van der Waals surface area contributed by atoms with E-state index >= 15 is 0 Å². The molecule has 0 bridgehead atoms. The van der Waals surface area contributed by atoms with Gasteiger partial charge < -0.3 is 15.5 Å². The summed E-state index contributed by atoms with van der Waals surface area (Å²) in [5.74, 6) is 0.979. The summed E-state index contributed by atoms with van der Waals surface area (Å²) in [4.78, 5) is 12.1. The molecule has 0 saturated carbocycles. The van der Waals surface area contributed by atoms with E-state index in [2.05, 4.69) is 20.6 Å². The molecule has 0 aliphatic carbocycles. The zero-order valence-corrected chi connectivity index (χ0v) is 11.9. The minimum Gasteiger partial charge on any atom is -0.467 e. The minimum absolute atomic E-state index is 0.204. The third-order valence-corrected chi connectivity index (χ3v) is 3.06. The van der Waals surface area contributed by atoms with Crippen molar-refractivity contribution < 1.29 is 9.21 Å². The molecule has 3 aromatic rings. The van der Waals surface area contributed by atoms with Crippen LogP contribution < -0.4 is 11.1 Å². The Bertz CT molecular complexity index is 776. The number of hydrogen-bond acceptors (Lipinski definition) is 6. The second-order valence-corrected chi connectivity index (χ2v) is 4.65. The molecule has 112 valence electrons. The highest BCUT2D eigenvalue weighted by molar-refractivity contribution is 5.98. The van der Waals surface area contributed by atoms with Crippen molar-refractivity contribution in [3.05, 3.63) is 53.7 Å². The van der Waals surface area contributed by atoms with Crippen molar-refractivity contribution in [1.29, 1.82) is 0 Å². The molecule has 0 aliphatic heterocycles. The van der Waals surface area contributed by atoms with E-state index in [1.165, 1.54) is 10.9 Å². The van der Waals surface area contributed by atoms with Gasteiger partial charge in [0.05, 0.1) is 24.7 Å². The number of amides is 1. The normalized spacial score (nSPS) is 10.6. The smallest absolute Gasteiger partial charge is 0.257 e. The summed E-state index contributed by atoms with van der Waals surface area (Å²) in [5, 5.41) is 14.7. The van der Waals surface area contributed by atoms with Gasteiger partial charge in [-0.2, -0.15) is 14.9 Å². The predicted octanol–water partition coefficient (Wildman–Crippen LogP) is 1.08. The Balaban J connectivity index is 1.77. The van der Waals surface area contributed by atoms with Crippen molar-refractivity contribution in [2.45, 2.75) is 13.5 Å². The van der Waals surface area contributed by atoms with Crippen LogP contribution >= 0.6 is 0 Å². The SMILES string of the molecule is Cc1ccc(-n2ncc(C(=O)NCc3ccco3)c2N)nn1. The average molecular weight is 298 g/mol. The zero-order chi connectivity index (χ0) is 15.5. The molecule has 3 rings (SSSR count). The highest BCUT2D eigenvalue weighted by Gasteiger charge is 2.16. The fraction of sp³-hybridized carbons (Fsp3) is 0.143. The molecule has 3 aromatic heterocycles. The Morgan fingerprint density at radius 3 is 2.91 bits per heavy atom. The molecule has 0 unspecified atom stereocenters. The van der Waals surface area contributed by atoms with Gasteiger partial charge in [-0.1, -0.05) is 0 Å². The van der Waals surface area contributed by atoms with Crippen LogP contribution in [0.2, 0.25) is 0 Å². The van der Waals surface area contributed by atoms with Gasteiger partial charge in [0, 0.05) is 0 Å². The third kappa shape index (κ3) is 2.66. The molecule has 22 heavy (non-hydrogen) atoms. The second kappa shape index (κ2) is 5.68. The van der Waals surface area contributed by atoms with Gasteiger partial charge >= 0.3 is 0 Å². The highest BCUT2D eigenvalue weighted by Crippen LogP contribution is 2.15. The number of aromatic nitrogens is 4. The number of carbonyl (C=O) groups is 1. The predicted molar refractivity (Wildman–Crippen MR) is 78.2 cm³/mol. The summed E-state index contributed by atoms with van der Waals surface area (Å²) < 4.78 is 6.52. The van der Waals surface area contributed by atoms with Crippen LogP contribution in [0.15, 0.2) is 41.1 Å². The first-order valence-corrected chi connectivity index (χ1v) is 6.60. The van der Waals surface area contributed by atoms with E-state index < -0.39 is 0 Å². The maximum absolute atomic E-state index is 12.1. The van der Waals surface area contributed by atoms with Crippen LogP contribution in [-0.2, 0) is 6.54 Å². The summed E-state index contributed by atoms with van der Waals surface area (Å²) in [6.45, 7) is 2.11. The van der Waals surface area contributed by atoms with Crippen LogP contribution in [0.25, 0.3) is 5.82 Å². The Labute approximate surface area is 126 Å². The summed E-state index contributed by atoms with van der Waals surface area (Å²) >= 11 is 0. The number of hydrogen-bond donors (Lipinski definition) is 2. The molecule has 0 atom stereocenters. The Kier molecular flexibility index (Phi) is 3.57. The van der Waals surface area contributed by atoms with Crippen molar-refractivity contribution in [2.24, 2.45) is 0 Å². The van der Waals surface area contributed by atoms with Crippen LogP contribution in [0.1, 0.15) is 21.8 Å². The summed E-state index contributed by atoms with van der Waals surface area (Å²) in [6, 6.07) is 7.05. The number of nitrogens with two attached hydrogens (primary N) is 1. The summed E-state index contributed by atoms with van der Waals surface area (Å²) in [6.07, 6.45) is 2.94. The second-order valence-electron chi connectivity index (χ2n) is 4.65. The van der Waals surface area contributed by atoms with Gasteiger partial charge in [0.1, 0.15) is 17.1 Å². The van der Waals surface area contributed by atoms with E-state index in [1.54, 1.807) is 30.5 Å². The third-order valence-electron chi connectivity index (χ3n) is 3.06. The lowest BCUT2D eigenvalue weighted by atomic mass is 10.3. The summed E-state index contributed by atoms with van der Waals surface area (Å²) in [7, 11) is 0. The highest BCUT2D eigenvalue weighted by atomic mass is 16.3. The molecular weight excluding hydrogens is 284 g/mol. The van der Waals surface area contributed by atoms with Gasteiger partial charge in [0.15, 0.2) is 5.82 Å². The van der Waals surface area contributed by atoms with Crippen LogP contribution in [0.4, 0.5) is 5.82 Å². The maximum Gasteiger partial charge on any atom is 0.257 e.